The number of hydrogen-bond donors (Lipinski definition) is 14. The van der Waals surface area contributed by atoms with E-state index in [9.17, 15) is 75.7 Å². The number of ether oxygens (including phenoxy) is 6. The molecule has 111 heavy (non-hydrogen) atoms. The molecule has 0 bridgehead atoms. The summed E-state index contributed by atoms with van der Waals surface area (Å²) in [5.74, 6) is -6.14. The van der Waals surface area contributed by atoms with Gasteiger partial charge in [-0.1, -0.05) is 333 Å². The quantitative estimate of drug-likeness (QED) is 0.0199. The third kappa shape index (κ3) is 44.9. The summed E-state index contributed by atoms with van der Waals surface area (Å²) in [6, 6.07) is -2.62. The molecule has 0 aliphatic carbocycles. The number of aliphatic hydroxyl groups excluding tert-OH is 11. The molecule has 650 valence electrons. The summed E-state index contributed by atoms with van der Waals surface area (Å²) in [6.45, 7) is 2.20. The van der Waals surface area contributed by atoms with Gasteiger partial charge in [0.2, 0.25) is 11.8 Å². The van der Waals surface area contributed by atoms with Crippen LogP contribution in [-0.4, -0.2) is 215 Å². The topological polar surface area (TPSA) is 373 Å². The Morgan fingerprint density at radius 2 is 0.874 bits per heavy atom. The van der Waals surface area contributed by atoms with Gasteiger partial charge in [0.1, 0.15) is 67.1 Å². The summed E-state index contributed by atoms with van der Waals surface area (Å²) in [5.41, 5.74) is 0. The van der Waals surface area contributed by atoms with Crippen LogP contribution in [0.5, 0.6) is 0 Å². The van der Waals surface area contributed by atoms with Crippen LogP contribution in [0.15, 0.2) is 36.5 Å². The Morgan fingerprint density at radius 3 is 1.27 bits per heavy atom. The zero-order valence-corrected chi connectivity index (χ0v) is 69.3. The Kier molecular flexibility index (Phi) is 60.7. The maximum absolute atomic E-state index is 13.6. The van der Waals surface area contributed by atoms with Crippen LogP contribution in [0.3, 0.4) is 0 Å². The number of amides is 2. The molecule has 0 spiro atoms. The van der Waals surface area contributed by atoms with Crippen molar-refractivity contribution in [3.63, 3.8) is 0 Å². The predicted molar refractivity (Wildman–Crippen MR) is 435 cm³/mol. The first-order valence-electron chi connectivity index (χ1n) is 44.9. The molecule has 3 aliphatic heterocycles. The number of allylic oxidation sites excluding steroid dienone is 5. The molecule has 0 radical (unpaired) electrons. The summed E-state index contributed by atoms with van der Waals surface area (Å²) >= 11 is 0. The monoisotopic (exact) mass is 1580 g/mol. The lowest BCUT2D eigenvalue weighted by Crippen LogP contribution is -2.70. The molecule has 0 aromatic carbocycles. The highest BCUT2D eigenvalue weighted by Crippen LogP contribution is 2.39. The smallest absolute Gasteiger partial charge is 0.364 e. The van der Waals surface area contributed by atoms with Gasteiger partial charge in [0, 0.05) is 19.8 Å². The largest absolute Gasteiger partial charge is 0.477 e. The highest BCUT2D eigenvalue weighted by molar-refractivity contribution is 5.77. The fraction of sp³-hybridized carbons (Fsp3) is 0.898. The van der Waals surface area contributed by atoms with Gasteiger partial charge in [-0.3, -0.25) is 9.59 Å². The molecule has 2 amide bonds. The summed E-state index contributed by atoms with van der Waals surface area (Å²) in [5, 5.41) is 137. The maximum Gasteiger partial charge on any atom is 0.364 e. The third-order valence-electron chi connectivity index (χ3n) is 22.6. The van der Waals surface area contributed by atoms with E-state index in [4.69, 9.17) is 28.4 Å². The Balaban J connectivity index is 1.45. The van der Waals surface area contributed by atoms with Crippen LogP contribution in [0.1, 0.15) is 367 Å². The second kappa shape index (κ2) is 65.9. The molecule has 18 unspecified atom stereocenters. The number of aliphatic hydroxyl groups is 11. The van der Waals surface area contributed by atoms with Gasteiger partial charge in [0.25, 0.3) is 5.79 Å². The fourth-order valence-corrected chi connectivity index (χ4v) is 15.5. The van der Waals surface area contributed by atoms with Gasteiger partial charge in [0.15, 0.2) is 12.6 Å². The molecule has 0 aromatic rings. The highest BCUT2D eigenvalue weighted by Gasteiger charge is 2.60. The summed E-state index contributed by atoms with van der Waals surface area (Å²) in [4.78, 5) is 38.8. The number of nitrogens with one attached hydrogen (secondary N) is 2. The average Bonchev–Trinajstić information content (AvgIpc) is 0.753. The minimum Gasteiger partial charge on any atom is -0.477 e. The molecule has 3 fully saturated rings. The second-order valence-electron chi connectivity index (χ2n) is 32.5. The minimum absolute atomic E-state index is 0.202. The van der Waals surface area contributed by atoms with Crippen molar-refractivity contribution in [1.82, 2.24) is 10.6 Å². The number of carboxylic acid groups (broad SMARTS) is 1. The highest BCUT2D eigenvalue weighted by atomic mass is 16.8. The first kappa shape index (κ1) is 102. The van der Waals surface area contributed by atoms with Gasteiger partial charge >= 0.3 is 5.97 Å². The summed E-state index contributed by atoms with van der Waals surface area (Å²) < 4.78 is 35.0. The number of aliphatic carboxylic acids is 1. The van der Waals surface area contributed by atoms with E-state index >= 15 is 0 Å². The van der Waals surface area contributed by atoms with Crippen LogP contribution in [0.25, 0.3) is 0 Å². The van der Waals surface area contributed by atoms with Crippen molar-refractivity contribution in [3.05, 3.63) is 36.5 Å². The van der Waals surface area contributed by atoms with Gasteiger partial charge in [-0.2, -0.15) is 0 Å². The van der Waals surface area contributed by atoms with E-state index in [1.807, 2.05) is 6.08 Å². The van der Waals surface area contributed by atoms with E-state index in [1.54, 1.807) is 6.08 Å². The van der Waals surface area contributed by atoms with E-state index < -0.39 is 155 Å². The lowest BCUT2D eigenvalue weighted by molar-refractivity contribution is -0.386. The molecule has 0 aromatic heterocycles. The fourth-order valence-electron chi connectivity index (χ4n) is 15.5. The van der Waals surface area contributed by atoms with Crippen LogP contribution in [-0.2, 0) is 42.8 Å². The van der Waals surface area contributed by atoms with Crippen LogP contribution >= 0.6 is 0 Å². The van der Waals surface area contributed by atoms with Gasteiger partial charge in [0.05, 0.1) is 50.7 Å². The molecule has 3 rings (SSSR count). The lowest BCUT2D eigenvalue weighted by atomic mass is 9.88. The molecular weight excluding hydrogens is 1420 g/mol. The van der Waals surface area contributed by atoms with Gasteiger partial charge in [-0.15, -0.1) is 0 Å². The maximum atomic E-state index is 13.6. The van der Waals surface area contributed by atoms with Crippen molar-refractivity contribution >= 4 is 17.8 Å². The number of unbranched alkanes of at least 4 members (excludes halogenated alkanes) is 48. The van der Waals surface area contributed by atoms with Crippen molar-refractivity contribution in [1.29, 1.82) is 0 Å². The average molecular weight is 1580 g/mol. The molecule has 23 heteroatoms. The van der Waals surface area contributed by atoms with Crippen LogP contribution in [0, 0.1) is 0 Å². The zero-order chi connectivity index (χ0) is 81.0. The zero-order valence-electron chi connectivity index (χ0n) is 69.3. The van der Waals surface area contributed by atoms with E-state index in [0.717, 1.165) is 58.3 Å². The van der Waals surface area contributed by atoms with E-state index in [1.165, 1.54) is 270 Å². The number of carbonyl (C=O) groups excluding carboxylic acids is 2. The van der Waals surface area contributed by atoms with Crippen molar-refractivity contribution in [2.75, 3.05) is 26.4 Å². The van der Waals surface area contributed by atoms with Crippen molar-refractivity contribution in [2.45, 2.75) is 477 Å². The molecular formula is C88H162N2O21. The number of hydrogen-bond acceptors (Lipinski definition) is 20. The Hall–Kier alpha value is -3.05. The molecule has 14 N–H and O–H groups in total. The van der Waals surface area contributed by atoms with E-state index in [2.05, 4.69) is 48.8 Å². The Morgan fingerprint density at radius 1 is 0.477 bits per heavy atom. The van der Waals surface area contributed by atoms with Crippen LogP contribution in [0.2, 0.25) is 0 Å². The second-order valence-corrected chi connectivity index (χ2v) is 32.5. The van der Waals surface area contributed by atoms with Gasteiger partial charge < -0.3 is 100 Å². The number of carbonyl (C=O) groups is 3. The van der Waals surface area contributed by atoms with Crippen molar-refractivity contribution < 1.29 is 104 Å². The summed E-state index contributed by atoms with van der Waals surface area (Å²) in [7, 11) is 0. The molecule has 3 heterocycles. The molecule has 23 nitrogen and oxygen atoms in total. The number of rotatable bonds is 72. The first-order valence-corrected chi connectivity index (χ1v) is 44.9. The Bertz CT molecular complexity index is 2340. The van der Waals surface area contributed by atoms with E-state index in [-0.39, 0.29) is 12.3 Å². The Labute approximate surface area is 669 Å². The van der Waals surface area contributed by atoms with Crippen molar-refractivity contribution in [2.24, 2.45) is 0 Å². The molecule has 3 saturated heterocycles. The SMILES string of the molecule is CCCCCCCCCCCCC/C=C\C/C=C\CCCCCCCCCCCCCCCCCCCC(=O)NC(COC1OC(CO)C(OC2OC(CO)C(O)C(OC3(C(=O)O)CC(O)C(NC(C)=O)C(C(O)C(O)CO)O3)C2O)C(O)C1O)C(O)/C=C/CCCCCCCCCCCCCCCCCCCCCC. The van der Waals surface area contributed by atoms with Crippen LogP contribution < -0.4 is 10.6 Å². The van der Waals surface area contributed by atoms with E-state index in [0.29, 0.717) is 12.8 Å². The molecule has 0 saturated carbocycles. The minimum atomic E-state index is -3.08. The van der Waals surface area contributed by atoms with Crippen LogP contribution in [0.4, 0.5) is 0 Å². The number of carboxylic acids is 1. The predicted octanol–water partition coefficient (Wildman–Crippen LogP) is 14.0. The first-order chi connectivity index (χ1) is 53.9. The lowest BCUT2D eigenvalue weighted by Gasteiger charge is -2.50. The van der Waals surface area contributed by atoms with Crippen molar-refractivity contribution in [3.8, 4) is 0 Å². The summed E-state index contributed by atoms with van der Waals surface area (Å²) in [6.07, 6.45) is 49.1. The molecule has 3 aliphatic rings. The third-order valence-corrected chi connectivity index (χ3v) is 22.6. The normalized spacial score (nSPS) is 25.6. The van der Waals surface area contributed by atoms with Gasteiger partial charge in [-0.05, 0) is 51.4 Å². The van der Waals surface area contributed by atoms with Gasteiger partial charge in [-0.25, -0.2) is 4.79 Å². The molecule has 18 atom stereocenters. The standard InChI is InChI=1S/C88H162N2O21/c1-4-6-8-10-12-14-16-18-20-22-24-26-28-29-30-31-32-33-34-35-36-37-38-39-40-42-44-46-48-50-52-54-56-58-60-62-75(98)90-69(70(95)61-59-57-55-53-51-49-47-45-43-41-27-25-23-21-19-17-15-13-11-9-7-5-2)67-106-85-80(102)79(101)82(74(66-93)108-85)109-86-81(103)84(78(100)73(65-92)107-86)111-88(87(104)105)63-71(96)76(89-68(3)94)83(110-88)77(99)72(97)64-91/h28-29,31-32,59,61,69-74,76-86,91-93,95-97,99-103H,4-27,30,33-58,60,62-67H2,1-3H3,(H,89,94)(H,90,98)(H,104,105)/b29-28-,32-31-,61-59+.